The van der Waals surface area contributed by atoms with Crippen molar-refractivity contribution in [2.24, 2.45) is 16.5 Å². The number of aliphatic imine (C=N–C) groups is 1. The van der Waals surface area contributed by atoms with Gasteiger partial charge >= 0.3 is 5.69 Å². The van der Waals surface area contributed by atoms with Crippen molar-refractivity contribution in [3.63, 3.8) is 0 Å². The lowest BCUT2D eigenvalue weighted by Gasteiger charge is -1.98. The quantitative estimate of drug-likeness (QED) is 0.394. The minimum absolute atomic E-state index is 0. The van der Waals surface area contributed by atoms with Crippen molar-refractivity contribution in [3.8, 4) is 0 Å². The highest BCUT2D eigenvalue weighted by molar-refractivity contribution is 6.30. The van der Waals surface area contributed by atoms with Gasteiger partial charge in [-0.2, -0.15) is 0 Å². The molecule has 0 aliphatic carbocycles. The highest BCUT2D eigenvalue weighted by Gasteiger charge is 2.05. The second kappa shape index (κ2) is 5.42. The monoisotopic (exact) mass is 253 g/mol. The Hall–Kier alpha value is -1.47. The fourth-order valence-corrected chi connectivity index (χ4v) is 0.952. The van der Waals surface area contributed by atoms with Crippen LogP contribution in [0, 0.1) is 0 Å². The maximum absolute atomic E-state index is 11.0. The highest BCUT2D eigenvalue weighted by Crippen LogP contribution is 2.05. The lowest BCUT2D eigenvalue weighted by atomic mass is 10.4. The second-order valence-electron chi connectivity index (χ2n) is 2.44. The van der Waals surface area contributed by atoms with Gasteiger partial charge in [0.2, 0.25) is 0 Å². The fraction of sp³-hybridized carbons (Fsp3) is 0.167. The van der Waals surface area contributed by atoms with E-state index in [0.29, 0.717) is 0 Å². The molecule has 9 heteroatoms. The van der Waals surface area contributed by atoms with Crippen LogP contribution >= 0.6 is 24.0 Å². The smallest absolute Gasteiger partial charge is 0.326 e. The Bertz CT molecular complexity index is 473. The summed E-state index contributed by atoms with van der Waals surface area (Å²) in [5.74, 6) is -0.151. The molecule has 0 fully saturated rings. The van der Waals surface area contributed by atoms with Crippen LogP contribution in [0.4, 0.5) is 0 Å². The van der Waals surface area contributed by atoms with Crippen LogP contribution in [0.15, 0.2) is 14.6 Å². The Labute approximate surface area is 95.0 Å². The Morgan fingerprint density at radius 2 is 1.93 bits per heavy atom. The molecule has 7 nitrogen and oxygen atoms in total. The number of nitrogens with zero attached hydrogens (tertiary/aromatic N) is 1. The summed E-state index contributed by atoms with van der Waals surface area (Å²) >= 11 is 5.58. The van der Waals surface area contributed by atoms with Crippen LogP contribution < -0.4 is 22.7 Å². The van der Waals surface area contributed by atoms with E-state index in [0.717, 1.165) is 0 Å². The van der Waals surface area contributed by atoms with Crippen molar-refractivity contribution in [1.82, 2.24) is 9.97 Å². The minimum Gasteiger partial charge on any atom is -0.370 e. The van der Waals surface area contributed by atoms with Crippen LogP contribution in [-0.2, 0) is 6.54 Å². The molecule has 0 radical (unpaired) electrons. The van der Waals surface area contributed by atoms with E-state index in [1.807, 2.05) is 4.98 Å². The molecular formula is C6H9Cl2N5O2. The molecule has 0 atom stereocenters. The molecule has 1 heterocycles. The van der Waals surface area contributed by atoms with E-state index in [1.54, 1.807) is 0 Å². The number of hydrogen-bond acceptors (Lipinski definition) is 3. The predicted octanol–water partition coefficient (Wildman–Crippen LogP) is -1.09. The highest BCUT2D eigenvalue weighted by atomic mass is 35.5. The lowest BCUT2D eigenvalue weighted by molar-refractivity contribution is 0.912. The summed E-state index contributed by atoms with van der Waals surface area (Å²) in [5.41, 5.74) is 9.00. The van der Waals surface area contributed by atoms with Gasteiger partial charge < -0.3 is 16.5 Å². The molecule has 0 amide bonds. The Balaban J connectivity index is 0.00000196. The van der Waals surface area contributed by atoms with Gasteiger partial charge in [0.1, 0.15) is 5.02 Å². The molecule has 1 aromatic rings. The van der Waals surface area contributed by atoms with Gasteiger partial charge in [0.15, 0.2) is 5.96 Å². The molecule has 0 aromatic carbocycles. The molecule has 6 N–H and O–H groups in total. The van der Waals surface area contributed by atoms with E-state index in [1.165, 1.54) is 0 Å². The summed E-state index contributed by atoms with van der Waals surface area (Å²) in [4.78, 5) is 29.7. The van der Waals surface area contributed by atoms with Crippen molar-refractivity contribution in [2.45, 2.75) is 6.54 Å². The summed E-state index contributed by atoms with van der Waals surface area (Å²) in [6.45, 7) is -0.0413. The molecule has 0 aliphatic rings. The van der Waals surface area contributed by atoms with Gasteiger partial charge in [-0.1, -0.05) is 11.6 Å². The number of H-pyrrole nitrogens is 2. The summed E-state index contributed by atoms with van der Waals surface area (Å²) in [6, 6.07) is 0. The first kappa shape index (κ1) is 13.5. The van der Waals surface area contributed by atoms with Gasteiger partial charge in [-0.05, 0) is 0 Å². The van der Waals surface area contributed by atoms with Gasteiger partial charge in [-0.3, -0.25) is 9.78 Å². The van der Waals surface area contributed by atoms with Gasteiger partial charge in [0.05, 0.1) is 12.2 Å². The van der Waals surface area contributed by atoms with E-state index >= 15 is 0 Å². The zero-order valence-electron chi connectivity index (χ0n) is 7.41. The molecule has 1 aromatic heterocycles. The van der Waals surface area contributed by atoms with E-state index in [2.05, 4.69) is 9.98 Å². The van der Waals surface area contributed by atoms with Crippen LogP contribution in [-0.4, -0.2) is 15.9 Å². The maximum atomic E-state index is 11.0. The third-order valence-electron chi connectivity index (χ3n) is 1.38. The van der Waals surface area contributed by atoms with Crippen LogP contribution in [0.5, 0.6) is 0 Å². The molecule has 0 unspecified atom stereocenters. The topological polar surface area (TPSA) is 130 Å². The first-order valence-electron chi connectivity index (χ1n) is 3.57. The van der Waals surface area contributed by atoms with Crippen molar-refractivity contribution in [2.75, 3.05) is 0 Å². The molecule has 0 spiro atoms. The Morgan fingerprint density at radius 1 is 1.33 bits per heavy atom. The number of nitrogens with one attached hydrogen (secondary N) is 2. The van der Waals surface area contributed by atoms with Gasteiger partial charge in [-0.15, -0.1) is 12.4 Å². The van der Waals surface area contributed by atoms with Crippen molar-refractivity contribution >= 4 is 30.0 Å². The minimum atomic E-state index is -0.670. The SMILES string of the molecule is Cl.NC(N)=NCc1[nH]c(=O)[nH]c(=O)c1Cl. The zero-order valence-corrected chi connectivity index (χ0v) is 8.98. The maximum Gasteiger partial charge on any atom is 0.326 e. The lowest BCUT2D eigenvalue weighted by Crippen LogP contribution is -2.26. The van der Waals surface area contributed by atoms with Crippen molar-refractivity contribution in [1.29, 1.82) is 0 Å². The average Bonchev–Trinajstić information content (AvgIpc) is 2.08. The molecule has 0 bridgehead atoms. The number of nitrogens with two attached hydrogens (primary N) is 2. The summed E-state index contributed by atoms with van der Waals surface area (Å²) < 4.78 is 0. The number of hydrogen-bond donors (Lipinski definition) is 4. The molecule has 0 saturated heterocycles. The summed E-state index contributed by atoms with van der Waals surface area (Å²) in [7, 11) is 0. The van der Waals surface area contributed by atoms with Crippen LogP contribution in [0.25, 0.3) is 0 Å². The van der Waals surface area contributed by atoms with Crippen LogP contribution in [0.3, 0.4) is 0 Å². The number of rotatable bonds is 2. The summed E-state index contributed by atoms with van der Waals surface area (Å²) in [5, 5.41) is -0.130. The number of halogens is 2. The van der Waals surface area contributed by atoms with E-state index in [4.69, 9.17) is 23.1 Å². The molecule has 15 heavy (non-hydrogen) atoms. The molecule has 84 valence electrons. The third-order valence-corrected chi connectivity index (χ3v) is 1.78. The van der Waals surface area contributed by atoms with Crippen LogP contribution in [0.2, 0.25) is 5.02 Å². The largest absolute Gasteiger partial charge is 0.370 e. The number of aromatic nitrogens is 2. The average molecular weight is 254 g/mol. The van der Waals surface area contributed by atoms with Gasteiger partial charge in [-0.25, -0.2) is 9.79 Å². The van der Waals surface area contributed by atoms with Crippen molar-refractivity contribution in [3.05, 3.63) is 31.6 Å². The van der Waals surface area contributed by atoms with E-state index in [9.17, 15) is 9.59 Å². The first-order valence-corrected chi connectivity index (χ1v) is 3.95. The Morgan fingerprint density at radius 3 is 2.47 bits per heavy atom. The van der Waals surface area contributed by atoms with Gasteiger partial charge in [0.25, 0.3) is 5.56 Å². The molecular weight excluding hydrogens is 245 g/mol. The summed E-state index contributed by atoms with van der Waals surface area (Å²) in [6.07, 6.45) is 0. The van der Waals surface area contributed by atoms with E-state index in [-0.39, 0.29) is 35.6 Å². The zero-order chi connectivity index (χ0) is 10.7. The molecule has 0 saturated carbocycles. The first-order chi connectivity index (χ1) is 6.50. The number of guanidine groups is 1. The normalized spacial score (nSPS) is 9.13. The van der Waals surface area contributed by atoms with Gasteiger partial charge in [0, 0.05) is 0 Å². The van der Waals surface area contributed by atoms with Crippen LogP contribution in [0.1, 0.15) is 5.69 Å². The standard InChI is InChI=1S/C6H8ClN5O2.ClH/c7-3-2(1-10-5(8)9)11-6(14)12-4(3)13;/h1H2,(H4,8,9,10)(H2,11,12,13,14);1H. The van der Waals surface area contributed by atoms with E-state index < -0.39 is 11.2 Å². The predicted molar refractivity (Wildman–Crippen MR) is 59.5 cm³/mol. The van der Waals surface area contributed by atoms with Crippen molar-refractivity contribution < 1.29 is 0 Å². The third kappa shape index (κ3) is 3.64. The fourth-order valence-electron chi connectivity index (χ4n) is 0.797. The molecule has 0 aliphatic heterocycles. The Kier molecular flexibility index (Phi) is 4.89. The number of aromatic amines is 2. The molecule has 1 rings (SSSR count). The second-order valence-corrected chi connectivity index (χ2v) is 2.82.